The Morgan fingerprint density at radius 2 is 2.00 bits per heavy atom. The SMILES string of the molecule is CCN(Cc1ccccc1)C(=O)c1cc(C)nn1C. The van der Waals surface area contributed by atoms with Gasteiger partial charge >= 0.3 is 0 Å². The Kier molecular flexibility index (Phi) is 4.00. The third-order valence-corrected chi connectivity index (χ3v) is 3.11. The van der Waals surface area contributed by atoms with Crippen molar-refractivity contribution in [2.75, 3.05) is 6.54 Å². The summed E-state index contributed by atoms with van der Waals surface area (Å²) in [6.07, 6.45) is 0. The highest BCUT2D eigenvalue weighted by atomic mass is 16.2. The van der Waals surface area contributed by atoms with Gasteiger partial charge in [0.1, 0.15) is 5.69 Å². The highest BCUT2D eigenvalue weighted by Crippen LogP contribution is 2.10. The average molecular weight is 257 g/mol. The number of hydrogen-bond acceptors (Lipinski definition) is 2. The molecule has 0 saturated carbocycles. The summed E-state index contributed by atoms with van der Waals surface area (Å²) in [5.74, 6) is 0.0226. The van der Waals surface area contributed by atoms with Gasteiger partial charge in [0.15, 0.2) is 0 Å². The van der Waals surface area contributed by atoms with Crippen LogP contribution in [-0.2, 0) is 13.6 Å². The van der Waals surface area contributed by atoms with Gasteiger partial charge in [0.05, 0.1) is 5.69 Å². The van der Waals surface area contributed by atoms with Gasteiger partial charge in [-0.15, -0.1) is 0 Å². The summed E-state index contributed by atoms with van der Waals surface area (Å²) in [6, 6.07) is 11.8. The Bertz CT molecular complexity index is 560. The molecular formula is C15H19N3O. The summed E-state index contributed by atoms with van der Waals surface area (Å²) >= 11 is 0. The van der Waals surface area contributed by atoms with E-state index in [9.17, 15) is 4.79 Å². The minimum absolute atomic E-state index is 0.0226. The van der Waals surface area contributed by atoms with Gasteiger partial charge in [0.2, 0.25) is 0 Å². The van der Waals surface area contributed by atoms with E-state index in [0.717, 1.165) is 11.3 Å². The van der Waals surface area contributed by atoms with Crippen molar-refractivity contribution in [3.05, 3.63) is 53.3 Å². The Hall–Kier alpha value is -2.10. The number of hydrogen-bond donors (Lipinski definition) is 0. The minimum atomic E-state index is 0.0226. The fourth-order valence-corrected chi connectivity index (χ4v) is 2.10. The van der Waals surface area contributed by atoms with Crippen molar-refractivity contribution in [2.24, 2.45) is 7.05 Å². The molecule has 0 fully saturated rings. The first-order valence-corrected chi connectivity index (χ1v) is 6.45. The number of carbonyl (C=O) groups is 1. The van der Waals surface area contributed by atoms with Crippen molar-refractivity contribution in [3.63, 3.8) is 0 Å². The molecule has 1 aromatic carbocycles. The molecule has 4 nitrogen and oxygen atoms in total. The minimum Gasteiger partial charge on any atom is -0.333 e. The van der Waals surface area contributed by atoms with E-state index in [1.165, 1.54) is 0 Å². The zero-order valence-electron chi connectivity index (χ0n) is 11.6. The first-order chi connectivity index (χ1) is 9.11. The highest BCUT2D eigenvalue weighted by molar-refractivity contribution is 5.92. The fraction of sp³-hybridized carbons (Fsp3) is 0.333. The molecule has 2 rings (SSSR count). The van der Waals surface area contributed by atoms with Crippen LogP contribution in [0.25, 0.3) is 0 Å². The van der Waals surface area contributed by atoms with Crippen molar-refractivity contribution in [1.82, 2.24) is 14.7 Å². The van der Waals surface area contributed by atoms with Gasteiger partial charge in [-0.1, -0.05) is 30.3 Å². The van der Waals surface area contributed by atoms with E-state index in [1.54, 1.807) is 11.7 Å². The lowest BCUT2D eigenvalue weighted by Gasteiger charge is -2.20. The van der Waals surface area contributed by atoms with Crippen molar-refractivity contribution in [2.45, 2.75) is 20.4 Å². The summed E-state index contributed by atoms with van der Waals surface area (Å²) in [7, 11) is 1.80. The lowest BCUT2D eigenvalue weighted by molar-refractivity contribution is 0.0741. The quantitative estimate of drug-likeness (QED) is 0.843. The van der Waals surface area contributed by atoms with Crippen molar-refractivity contribution < 1.29 is 4.79 Å². The molecule has 0 radical (unpaired) electrons. The van der Waals surface area contributed by atoms with E-state index >= 15 is 0 Å². The van der Waals surface area contributed by atoms with Crippen LogP contribution in [-0.4, -0.2) is 27.1 Å². The largest absolute Gasteiger partial charge is 0.333 e. The van der Waals surface area contributed by atoms with Crippen LogP contribution >= 0.6 is 0 Å². The van der Waals surface area contributed by atoms with Gasteiger partial charge < -0.3 is 4.90 Å². The molecule has 1 aromatic heterocycles. The number of carbonyl (C=O) groups excluding carboxylic acids is 1. The van der Waals surface area contributed by atoms with Gasteiger partial charge in [-0.2, -0.15) is 5.10 Å². The standard InChI is InChI=1S/C15H19N3O/c1-4-18(11-13-8-6-5-7-9-13)15(19)14-10-12(2)16-17(14)3/h5-10H,4,11H2,1-3H3. The molecule has 0 atom stereocenters. The van der Waals surface area contributed by atoms with Crippen LogP contribution in [0.5, 0.6) is 0 Å². The molecule has 1 amide bonds. The van der Waals surface area contributed by atoms with E-state index in [2.05, 4.69) is 5.10 Å². The second-order valence-electron chi connectivity index (χ2n) is 4.60. The summed E-state index contributed by atoms with van der Waals surface area (Å²) in [5.41, 5.74) is 2.63. The summed E-state index contributed by atoms with van der Waals surface area (Å²) in [5, 5.41) is 4.23. The van der Waals surface area contributed by atoms with Gasteiger partial charge in [-0.3, -0.25) is 9.48 Å². The maximum absolute atomic E-state index is 12.5. The first-order valence-electron chi connectivity index (χ1n) is 6.45. The molecule has 0 aliphatic heterocycles. The van der Waals surface area contributed by atoms with Gasteiger partial charge in [-0.25, -0.2) is 0 Å². The maximum atomic E-state index is 12.5. The van der Waals surface area contributed by atoms with Crippen LogP contribution < -0.4 is 0 Å². The van der Waals surface area contributed by atoms with E-state index in [1.807, 2.05) is 55.1 Å². The normalized spacial score (nSPS) is 10.5. The molecule has 19 heavy (non-hydrogen) atoms. The van der Waals surface area contributed by atoms with Crippen LogP contribution in [0.1, 0.15) is 28.7 Å². The zero-order chi connectivity index (χ0) is 13.8. The third kappa shape index (κ3) is 3.02. The monoisotopic (exact) mass is 257 g/mol. The molecule has 0 N–H and O–H groups in total. The van der Waals surface area contributed by atoms with Crippen LogP contribution in [0.3, 0.4) is 0 Å². The lowest BCUT2D eigenvalue weighted by Crippen LogP contribution is -2.31. The number of benzene rings is 1. The lowest BCUT2D eigenvalue weighted by atomic mass is 10.2. The van der Waals surface area contributed by atoms with Gasteiger partial charge in [0, 0.05) is 20.1 Å². The second-order valence-corrected chi connectivity index (χ2v) is 4.60. The van der Waals surface area contributed by atoms with E-state index in [-0.39, 0.29) is 5.91 Å². The number of rotatable bonds is 4. The third-order valence-electron chi connectivity index (χ3n) is 3.11. The topological polar surface area (TPSA) is 38.1 Å². The maximum Gasteiger partial charge on any atom is 0.272 e. The number of amides is 1. The molecule has 0 bridgehead atoms. The van der Waals surface area contributed by atoms with E-state index in [4.69, 9.17) is 0 Å². The molecule has 1 heterocycles. The van der Waals surface area contributed by atoms with Gasteiger partial charge in [-0.05, 0) is 25.5 Å². The molecule has 0 spiro atoms. The zero-order valence-corrected chi connectivity index (χ0v) is 11.6. The Morgan fingerprint density at radius 1 is 1.32 bits per heavy atom. The Morgan fingerprint density at radius 3 is 2.53 bits per heavy atom. The molecule has 0 saturated heterocycles. The van der Waals surface area contributed by atoms with Gasteiger partial charge in [0.25, 0.3) is 5.91 Å². The molecule has 100 valence electrons. The second kappa shape index (κ2) is 5.69. The first kappa shape index (κ1) is 13.3. The molecule has 2 aromatic rings. The summed E-state index contributed by atoms with van der Waals surface area (Å²) < 4.78 is 1.64. The van der Waals surface area contributed by atoms with Crippen LogP contribution in [0.4, 0.5) is 0 Å². The number of nitrogens with zero attached hydrogens (tertiary/aromatic N) is 3. The molecule has 4 heteroatoms. The molecular weight excluding hydrogens is 238 g/mol. The number of aryl methyl sites for hydroxylation is 2. The smallest absolute Gasteiger partial charge is 0.272 e. The molecule has 0 unspecified atom stereocenters. The van der Waals surface area contributed by atoms with Crippen LogP contribution in [0, 0.1) is 6.92 Å². The Balaban J connectivity index is 2.18. The average Bonchev–Trinajstić information content (AvgIpc) is 2.75. The Labute approximate surface area is 113 Å². The predicted molar refractivity (Wildman–Crippen MR) is 74.8 cm³/mol. The summed E-state index contributed by atoms with van der Waals surface area (Å²) in [4.78, 5) is 14.3. The number of aromatic nitrogens is 2. The fourth-order valence-electron chi connectivity index (χ4n) is 2.10. The van der Waals surface area contributed by atoms with Crippen LogP contribution in [0.2, 0.25) is 0 Å². The van der Waals surface area contributed by atoms with Crippen molar-refractivity contribution >= 4 is 5.91 Å². The summed E-state index contributed by atoms with van der Waals surface area (Å²) in [6.45, 7) is 5.19. The van der Waals surface area contributed by atoms with E-state index in [0.29, 0.717) is 18.8 Å². The molecule has 0 aliphatic rings. The predicted octanol–water partition coefficient (Wildman–Crippen LogP) is 2.39. The van der Waals surface area contributed by atoms with Crippen LogP contribution in [0.15, 0.2) is 36.4 Å². The van der Waals surface area contributed by atoms with Crippen molar-refractivity contribution in [1.29, 1.82) is 0 Å². The van der Waals surface area contributed by atoms with Crippen molar-refractivity contribution in [3.8, 4) is 0 Å². The highest BCUT2D eigenvalue weighted by Gasteiger charge is 2.18. The van der Waals surface area contributed by atoms with E-state index < -0.39 is 0 Å². The molecule has 0 aliphatic carbocycles.